The van der Waals surface area contributed by atoms with Gasteiger partial charge < -0.3 is 0 Å². The van der Waals surface area contributed by atoms with Gasteiger partial charge in [-0.05, 0) is 12.8 Å². The van der Waals surface area contributed by atoms with Crippen molar-refractivity contribution in [2.75, 3.05) is 13.1 Å². The smallest absolute Gasteiger partial charge is 0.194 e. The van der Waals surface area contributed by atoms with Crippen LogP contribution in [0, 0.1) is 0 Å². The van der Waals surface area contributed by atoms with Gasteiger partial charge >= 0.3 is 0 Å². The summed E-state index contributed by atoms with van der Waals surface area (Å²) in [5, 5.41) is 6.72. The van der Waals surface area contributed by atoms with E-state index in [2.05, 4.69) is 0 Å². The second-order valence-corrected chi connectivity index (χ2v) is 3.93. The first kappa shape index (κ1) is 7.97. The molecule has 0 bridgehead atoms. The summed E-state index contributed by atoms with van der Waals surface area (Å²) in [6.45, 7) is 1.07. The average molecular weight is 163 g/mol. The third-order valence-corrected chi connectivity index (χ3v) is 2.70. The standard InChI is InChI=1S/C5H11N2O2S/c6-10(8,9)7-4-2-1-3-5-7/h6H,1-5H2. The van der Waals surface area contributed by atoms with E-state index in [0.717, 1.165) is 19.3 Å². The Morgan fingerprint density at radius 2 is 1.60 bits per heavy atom. The molecule has 1 saturated heterocycles. The van der Waals surface area contributed by atoms with E-state index in [1.807, 2.05) is 0 Å². The van der Waals surface area contributed by atoms with Crippen molar-refractivity contribution in [3.05, 3.63) is 0 Å². The van der Waals surface area contributed by atoms with Crippen molar-refractivity contribution in [3.8, 4) is 0 Å². The van der Waals surface area contributed by atoms with Crippen LogP contribution in [0.1, 0.15) is 19.3 Å². The summed E-state index contributed by atoms with van der Waals surface area (Å²) in [7, 11) is -3.64. The molecule has 1 radical (unpaired) electrons. The molecule has 5 heteroatoms. The highest BCUT2D eigenvalue weighted by molar-refractivity contribution is 7.86. The average Bonchev–Trinajstić information content (AvgIpc) is 1.88. The Bertz CT molecular complexity index is 194. The molecule has 1 heterocycles. The topological polar surface area (TPSA) is 61.2 Å². The van der Waals surface area contributed by atoms with Crippen molar-refractivity contribution in [2.24, 2.45) is 0 Å². The lowest BCUT2D eigenvalue weighted by Gasteiger charge is -2.22. The number of nitrogens with zero attached hydrogens (tertiary/aromatic N) is 1. The molecule has 1 fully saturated rings. The van der Waals surface area contributed by atoms with E-state index >= 15 is 0 Å². The first-order valence-electron chi connectivity index (χ1n) is 3.35. The van der Waals surface area contributed by atoms with E-state index in [1.165, 1.54) is 4.31 Å². The first-order valence-corrected chi connectivity index (χ1v) is 4.79. The molecule has 0 aromatic rings. The number of nitrogens with one attached hydrogen (secondary N) is 1. The SMILES string of the molecule is [NH]S(=O)(=O)N1CCCCC1. The van der Waals surface area contributed by atoms with Gasteiger partial charge in [-0.1, -0.05) is 6.42 Å². The summed E-state index contributed by atoms with van der Waals surface area (Å²) in [6, 6.07) is 0. The minimum Gasteiger partial charge on any atom is -0.194 e. The lowest BCUT2D eigenvalue weighted by atomic mass is 10.2. The van der Waals surface area contributed by atoms with Crippen LogP contribution in [0.5, 0.6) is 0 Å². The Labute approximate surface area is 61.2 Å². The molecule has 1 aliphatic heterocycles. The Kier molecular flexibility index (Phi) is 2.28. The van der Waals surface area contributed by atoms with Gasteiger partial charge in [0.1, 0.15) is 0 Å². The molecular weight excluding hydrogens is 152 g/mol. The Morgan fingerprint density at radius 1 is 1.10 bits per heavy atom. The maximum atomic E-state index is 10.6. The van der Waals surface area contributed by atoms with Crippen LogP contribution in [0.25, 0.3) is 0 Å². The molecule has 0 spiro atoms. The van der Waals surface area contributed by atoms with Crippen molar-refractivity contribution in [2.45, 2.75) is 19.3 Å². The van der Waals surface area contributed by atoms with E-state index in [9.17, 15) is 8.42 Å². The maximum Gasteiger partial charge on any atom is 0.293 e. The number of rotatable bonds is 1. The number of hydrogen-bond acceptors (Lipinski definition) is 2. The van der Waals surface area contributed by atoms with Gasteiger partial charge in [-0.25, -0.2) is 0 Å². The fourth-order valence-corrected chi connectivity index (χ4v) is 1.84. The molecule has 4 nitrogen and oxygen atoms in total. The molecule has 0 aromatic heterocycles. The predicted octanol–water partition coefficient (Wildman–Crippen LogP) is 0. The van der Waals surface area contributed by atoms with Crippen molar-refractivity contribution < 1.29 is 8.42 Å². The van der Waals surface area contributed by atoms with Crippen molar-refractivity contribution >= 4 is 10.2 Å². The Balaban J connectivity index is 2.56. The second-order valence-electron chi connectivity index (χ2n) is 2.46. The van der Waals surface area contributed by atoms with E-state index < -0.39 is 10.2 Å². The summed E-state index contributed by atoms with van der Waals surface area (Å²) < 4.78 is 22.4. The molecule has 59 valence electrons. The molecule has 0 amide bonds. The van der Waals surface area contributed by atoms with Crippen LogP contribution in [-0.2, 0) is 10.2 Å². The predicted molar refractivity (Wildman–Crippen MR) is 37.4 cm³/mol. The third kappa shape index (κ3) is 1.93. The van der Waals surface area contributed by atoms with Gasteiger partial charge in [-0.15, -0.1) is 5.14 Å². The summed E-state index contributed by atoms with van der Waals surface area (Å²) >= 11 is 0. The summed E-state index contributed by atoms with van der Waals surface area (Å²) in [5.41, 5.74) is 0. The van der Waals surface area contributed by atoms with Crippen LogP contribution in [0.15, 0.2) is 0 Å². The first-order chi connectivity index (χ1) is 4.61. The summed E-state index contributed by atoms with van der Waals surface area (Å²) in [6.07, 6.45) is 2.89. The van der Waals surface area contributed by atoms with Gasteiger partial charge in [0.05, 0.1) is 0 Å². The fourth-order valence-electron chi connectivity index (χ4n) is 1.11. The van der Waals surface area contributed by atoms with Crippen LogP contribution in [0.3, 0.4) is 0 Å². The van der Waals surface area contributed by atoms with Gasteiger partial charge in [0.2, 0.25) is 0 Å². The van der Waals surface area contributed by atoms with Gasteiger partial charge in [-0.3, -0.25) is 0 Å². The normalized spacial score (nSPS) is 22.9. The maximum absolute atomic E-state index is 10.6. The second kappa shape index (κ2) is 2.86. The quantitative estimate of drug-likeness (QED) is 0.546. The van der Waals surface area contributed by atoms with Gasteiger partial charge in [0.15, 0.2) is 0 Å². The molecule has 10 heavy (non-hydrogen) atoms. The minimum atomic E-state index is -3.64. The molecule has 0 aromatic carbocycles. The Hall–Kier alpha value is -0.130. The summed E-state index contributed by atoms with van der Waals surface area (Å²) in [5.74, 6) is 0. The monoisotopic (exact) mass is 163 g/mol. The van der Waals surface area contributed by atoms with Crippen LogP contribution < -0.4 is 5.14 Å². The molecule has 1 rings (SSSR count). The van der Waals surface area contributed by atoms with E-state index in [0.29, 0.717) is 13.1 Å². The van der Waals surface area contributed by atoms with Crippen LogP contribution in [-0.4, -0.2) is 25.8 Å². The highest BCUT2D eigenvalue weighted by atomic mass is 32.2. The molecule has 0 aliphatic carbocycles. The molecule has 0 unspecified atom stereocenters. The van der Waals surface area contributed by atoms with Crippen LogP contribution in [0.4, 0.5) is 0 Å². The molecule has 1 N–H and O–H groups in total. The van der Waals surface area contributed by atoms with Crippen molar-refractivity contribution in [1.82, 2.24) is 9.44 Å². The third-order valence-electron chi connectivity index (χ3n) is 1.65. The largest absolute Gasteiger partial charge is 0.293 e. The zero-order valence-electron chi connectivity index (χ0n) is 5.71. The molecule has 1 aliphatic rings. The number of piperidine rings is 1. The summed E-state index contributed by atoms with van der Waals surface area (Å²) in [4.78, 5) is 0. The van der Waals surface area contributed by atoms with Gasteiger partial charge in [-0.2, -0.15) is 12.7 Å². The van der Waals surface area contributed by atoms with Crippen molar-refractivity contribution in [3.63, 3.8) is 0 Å². The van der Waals surface area contributed by atoms with E-state index in [4.69, 9.17) is 5.14 Å². The molecule has 0 atom stereocenters. The van der Waals surface area contributed by atoms with Crippen molar-refractivity contribution in [1.29, 1.82) is 0 Å². The van der Waals surface area contributed by atoms with E-state index in [-0.39, 0.29) is 0 Å². The highest BCUT2D eigenvalue weighted by Gasteiger charge is 2.19. The lowest BCUT2D eigenvalue weighted by Crippen LogP contribution is -2.35. The van der Waals surface area contributed by atoms with Crippen LogP contribution in [0.2, 0.25) is 0 Å². The van der Waals surface area contributed by atoms with Gasteiger partial charge in [0.25, 0.3) is 10.2 Å². The lowest BCUT2D eigenvalue weighted by molar-refractivity contribution is 0.346. The molecular formula is C5H11N2O2S. The Morgan fingerprint density at radius 3 is 1.90 bits per heavy atom. The fraction of sp³-hybridized carbons (Fsp3) is 1.00. The zero-order valence-corrected chi connectivity index (χ0v) is 6.52. The van der Waals surface area contributed by atoms with Gasteiger partial charge in [0, 0.05) is 13.1 Å². The number of hydrogen-bond donors (Lipinski definition) is 0. The van der Waals surface area contributed by atoms with Crippen LogP contribution >= 0.6 is 0 Å². The van der Waals surface area contributed by atoms with E-state index in [1.54, 1.807) is 0 Å². The highest BCUT2D eigenvalue weighted by Crippen LogP contribution is 2.10. The zero-order chi connectivity index (χ0) is 7.61. The molecule has 0 saturated carbocycles. The minimum absolute atomic E-state index is 0.534.